The number of amides is 2. The first kappa shape index (κ1) is 20.6. The van der Waals surface area contributed by atoms with Crippen LogP contribution in [0.3, 0.4) is 0 Å². The number of nitrogens with one attached hydrogen (secondary N) is 1. The van der Waals surface area contributed by atoms with Crippen molar-refractivity contribution in [1.29, 1.82) is 0 Å². The molecule has 1 aliphatic heterocycles. The summed E-state index contributed by atoms with van der Waals surface area (Å²) in [6.45, 7) is 9.10. The number of hydrogen-bond donors (Lipinski definition) is 1. The Bertz CT molecular complexity index is 914. The molecule has 1 aliphatic rings. The molecule has 2 aromatic rings. The van der Waals surface area contributed by atoms with E-state index in [1.807, 2.05) is 18.2 Å². The minimum atomic E-state index is -0.219. The Balaban J connectivity index is 1.67. The van der Waals surface area contributed by atoms with Crippen LogP contribution in [0.4, 0.5) is 11.4 Å². The average Bonchev–Trinajstić information content (AvgIpc) is 2.68. The third-order valence-electron chi connectivity index (χ3n) is 4.75. The Morgan fingerprint density at radius 1 is 1.14 bits per heavy atom. The van der Waals surface area contributed by atoms with Crippen molar-refractivity contribution < 1.29 is 14.3 Å². The molecular weight excluding hydrogens is 364 g/mol. The van der Waals surface area contributed by atoms with Crippen molar-refractivity contribution in [3.05, 3.63) is 59.7 Å². The summed E-state index contributed by atoms with van der Waals surface area (Å²) in [5, 5.41) is 2.85. The molecule has 1 heterocycles. The topological polar surface area (TPSA) is 58.6 Å². The molecule has 5 nitrogen and oxygen atoms in total. The molecule has 0 saturated carbocycles. The molecule has 0 bridgehead atoms. The number of fused-ring (bicyclic) bond motifs is 1. The number of carbonyl (C=O) groups excluding carboxylic acids is 2. The molecular formula is C24H28N2O3. The highest BCUT2D eigenvalue weighted by Crippen LogP contribution is 2.35. The van der Waals surface area contributed by atoms with E-state index in [0.29, 0.717) is 29.8 Å². The van der Waals surface area contributed by atoms with E-state index in [9.17, 15) is 9.59 Å². The fraction of sp³-hybridized carbons (Fsp3) is 0.333. The van der Waals surface area contributed by atoms with Gasteiger partial charge in [-0.3, -0.25) is 9.59 Å². The van der Waals surface area contributed by atoms with E-state index in [1.54, 1.807) is 23.1 Å². The monoisotopic (exact) mass is 392 g/mol. The lowest BCUT2D eigenvalue weighted by Gasteiger charge is -2.30. The summed E-state index contributed by atoms with van der Waals surface area (Å²) in [6.07, 6.45) is 3.30. The fourth-order valence-corrected chi connectivity index (χ4v) is 3.20. The Morgan fingerprint density at radius 2 is 1.86 bits per heavy atom. The van der Waals surface area contributed by atoms with E-state index >= 15 is 0 Å². The Kier molecular flexibility index (Phi) is 6.37. The molecule has 0 aromatic heterocycles. The normalized spacial score (nSPS) is 13.7. The van der Waals surface area contributed by atoms with Crippen molar-refractivity contribution in [2.45, 2.75) is 33.6 Å². The molecule has 29 heavy (non-hydrogen) atoms. The van der Waals surface area contributed by atoms with Crippen LogP contribution in [0.2, 0.25) is 0 Å². The lowest BCUT2D eigenvalue weighted by atomic mass is 10.0. The first-order valence-corrected chi connectivity index (χ1v) is 9.99. The molecule has 2 aromatic carbocycles. The smallest absolute Gasteiger partial charge is 0.265 e. The molecule has 0 aliphatic carbocycles. The number of benzene rings is 2. The van der Waals surface area contributed by atoms with E-state index < -0.39 is 0 Å². The van der Waals surface area contributed by atoms with Crippen molar-refractivity contribution in [1.82, 2.24) is 0 Å². The maximum Gasteiger partial charge on any atom is 0.265 e. The van der Waals surface area contributed by atoms with Gasteiger partial charge in [0, 0.05) is 24.4 Å². The van der Waals surface area contributed by atoms with Crippen LogP contribution in [0.1, 0.15) is 44.7 Å². The zero-order valence-corrected chi connectivity index (χ0v) is 17.4. The third-order valence-corrected chi connectivity index (χ3v) is 4.75. The maximum absolute atomic E-state index is 12.3. The predicted molar refractivity (Wildman–Crippen MR) is 117 cm³/mol. The van der Waals surface area contributed by atoms with Crippen molar-refractivity contribution in [2.24, 2.45) is 5.92 Å². The maximum atomic E-state index is 12.3. The summed E-state index contributed by atoms with van der Waals surface area (Å²) in [5.74, 6) is 1.17. The van der Waals surface area contributed by atoms with Crippen molar-refractivity contribution >= 4 is 29.3 Å². The van der Waals surface area contributed by atoms with Gasteiger partial charge in [-0.25, -0.2) is 0 Å². The summed E-state index contributed by atoms with van der Waals surface area (Å²) in [7, 11) is 0. The summed E-state index contributed by atoms with van der Waals surface area (Å²) in [5.41, 5.74) is 3.62. The summed E-state index contributed by atoms with van der Waals surface area (Å²) in [4.78, 5) is 26.2. The van der Waals surface area contributed by atoms with Gasteiger partial charge in [-0.2, -0.15) is 0 Å². The highest BCUT2D eigenvalue weighted by molar-refractivity contribution is 6.03. The van der Waals surface area contributed by atoms with Gasteiger partial charge in [-0.1, -0.05) is 52.0 Å². The zero-order valence-electron chi connectivity index (χ0n) is 17.4. The van der Waals surface area contributed by atoms with Gasteiger partial charge in [-0.15, -0.1) is 0 Å². The van der Waals surface area contributed by atoms with Gasteiger partial charge >= 0.3 is 0 Å². The van der Waals surface area contributed by atoms with Crippen LogP contribution in [0.25, 0.3) is 6.08 Å². The van der Waals surface area contributed by atoms with Crippen LogP contribution in [-0.2, 0) is 9.59 Å². The molecule has 0 spiro atoms. The van der Waals surface area contributed by atoms with Gasteiger partial charge in [0.25, 0.3) is 5.91 Å². The van der Waals surface area contributed by atoms with Gasteiger partial charge in [-0.05, 0) is 41.2 Å². The van der Waals surface area contributed by atoms with Crippen LogP contribution < -0.4 is 15.0 Å². The summed E-state index contributed by atoms with van der Waals surface area (Å²) >= 11 is 0. The van der Waals surface area contributed by atoms with E-state index in [0.717, 1.165) is 11.3 Å². The Hall–Kier alpha value is -3.08. The number of ether oxygens (including phenoxy) is 1. The number of hydrogen-bond acceptors (Lipinski definition) is 3. The molecule has 0 unspecified atom stereocenters. The molecule has 0 fully saturated rings. The second kappa shape index (κ2) is 8.95. The van der Waals surface area contributed by atoms with Crippen LogP contribution in [0, 0.1) is 5.92 Å². The highest BCUT2D eigenvalue weighted by atomic mass is 16.5. The number of anilines is 2. The van der Waals surface area contributed by atoms with E-state index in [4.69, 9.17) is 4.74 Å². The second-order valence-electron chi connectivity index (χ2n) is 8.01. The molecule has 5 heteroatoms. The number of carbonyl (C=O) groups is 2. The van der Waals surface area contributed by atoms with E-state index in [2.05, 4.69) is 45.1 Å². The Morgan fingerprint density at radius 3 is 2.52 bits per heavy atom. The first-order chi connectivity index (χ1) is 13.8. The van der Waals surface area contributed by atoms with Gasteiger partial charge in [0.15, 0.2) is 6.61 Å². The lowest BCUT2D eigenvalue weighted by Crippen LogP contribution is -2.40. The summed E-state index contributed by atoms with van der Waals surface area (Å²) in [6, 6.07) is 13.5. The standard InChI is InChI=1S/C24H28N2O3/c1-16(2)14-26-21-11-10-20(13-22(21)29-15-24(26)28)25-23(27)12-7-18-5-8-19(9-6-18)17(3)4/h5-13,16-17H,14-15H2,1-4H3,(H,25,27)/b12-7+. The largest absolute Gasteiger partial charge is 0.481 e. The van der Waals surface area contributed by atoms with E-state index in [1.165, 1.54) is 11.6 Å². The molecule has 0 saturated heterocycles. The molecule has 3 rings (SSSR count). The van der Waals surface area contributed by atoms with E-state index in [-0.39, 0.29) is 18.4 Å². The number of rotatable bonds is 6. The van der Waals surface area contributed by atoms with Crippen LogP contribution >= 0.6 is 0 Å². The second-order valence-corrected chi connectivity index (χ2v) is 8.01. The summed E-state index contributed by atoms with van der Waals surface area (Å²) < 4.78 is 5.57. The molecule has 2 amide bonds. The van der Waals surface area contributed by atoms with Gasteiger partial charge in [0.05, 0.1) is 5.69 Å². The van der Waals surface area contributed by atoms with Gasteiger partial charge in [0.1, 0.15) is 5.75 Å². The molecule has 152 valence electrons. The van der Waals surface area contributed by atoms with Gasteiger partial charge in [0.2, 0.25) is 5.91 Å². The predicted octanol–water partition coefficient (Wildman–Crippen LogP) is 4.84. The minimum absolute atomic E-state index is 0.0173. The fourth-order valence-electron chi connectivity index (χ4n) is 3.20. The van der Waals surface area contributed by atoms with Crippen molar-refractivity contribution in [2.75, 3.05) is 23.4 Å². The van der Waals surface area contributed by atoms with Gasteiger partial charge < -0.3 is 15.0 Å². The van der Waals surface area contributed by atoms with Crippen molar-refractivity contribution in [3.63, 3.8) is 0 Å². The first-order valence-electron chi connectivity index (χ1n) is 9.99. The van der Waals surface area contributed by atoms with Crippen LogP contribution in [0.5, 0.6) is 5.75 Å². The van der Waals surface area contributed by atoms with Crippen molar-refractivity contribution in [3.8, 4) is 5.75 Å². The zero-order chi connectivity index (χ0) is 21.0. The third kappa shape index (κ3) is 5.25. The minimum Gasteiger partial charge on any atom is -0.481 e. The molecule has 0 radical (unpaired) electrons. The number of nitrogens with zero attached hydrogens (tertiary/aromatic N) is 1. The Labute approximate surface area is 172 Å². The molecule has 1 N–H and O–H groups in total. The van der Waals surface area contributed by atoms with Crippen LogP contribution in [0.15, 0.2) is 48.5 Å². The SMILES string of the molecule is CC(C)CN1C(=O)COc2cc(NC(=O)/C=C/c3ccc(C(C)C)cc3)ccc21. The van der Waals surface area contributed by atoms with Crippen LogP contribution in [-0.4, -0.2) is 25.0 Å². The quantitative estimate of drug-likeness (QED) is 0.716. The lowest BCUT2D eigenvalue weighted by molar-refractivity contribution is -0.121. The highest BCUT2D eigenvalue weighted by Gasteiger charge is 2.26. The average molecular weight is 392 g/mol. The molecule has 0 atom stereocenters.